The Morgan fingerprint density at radius 2 is 0.608 bits per heavy atom. The molecular weight excluding hydrogens is 1520 g/mol. The zero-order chi connectivity index (χ0) is 85.2. The minimum atomic E-state index is -0.101. The van der Waals surface area contributed by atoms with Crippen molar-refractivity contribution in [2.75, 3.05) is 4.90 Å². The Labute approximate surface area is 728 Å². The van der Waals surface area contributed by atoms with Crippen LogP contribution >= 0.6 is 0 Å². The molecule has 8 nitrogen and oxygen atoms in total. The van der Waals surface area contributed by atoms with Gasteiger partial charge in [0, 0.05) is 93.7 Å². The molecule has 0 N–H and O–H groups in total. The molecule has 0 fully saturated rings. The van der Waals surface area contributed by atoms with Crippen LogP contribution in [0, 0.1) is 0 Å². The molecule has 3 aliphatic rings. The van der Waals surface area contributed by atoms with Gasteiger partial charge in [-0.1, -0.05) is 356 Å². The maximum absolute atomic E-state index is 6.97. The van der Waals surface area contributed by atoms with Crippen molar-refractivity contribution in [1.29, 1.82) is 0 Å². The van der Waals surface area contributed by atoms with Crippen LogP contribution in [-0.4, -0.2) is 19.5 Å². The van der Waals surface area contributed by atoms with Gasteiger partial charge < -0.3 is 22.7 Å². The van der Waals surface area contributed by atoms with Crippen LogP contribution in [0.3, 0.4) is 0 Å². The molecule has 5 heterocycles. The monoisotopic (exact) mass is 1620 g/mol. The van der Waals surface area contributed by atoms with Gasteiger partial charge in [0.1, 0.15) is 33.5 Å². The number of aromatic nitrogens is 4. The maximum Gasteiger partial charge on any atom is 0.167 e. The summed E-state index contributed by atoms with van der Waals surface area (Å²) in [5.74, 6) is 1.86. The molecule has 8 heteroatoms. The summed E-state index contributed by atoms with van der Waals surface area (Å²) in [4.78, 5) is 17.2. The van der Waals surface area contributed by atoms with Gasteiger partial charge >= 0.3 is 0 Å². The molecule has 16 aromatic carbocycles. The summed E-state index contributed by atoms with van der Waals surface area (Å²) in [7, 11) is 0. The number of rotatable bonds is 8. The largest absolute Gasteiger partial charge is 0.456 e. The van der Waals surface area contributed by atoms with E-state index in [0.29, 0.717) is 17.5 Å². The van der Waals surface area contributed by atoms with Crippen LogP contribution in [0.1, 0.15) is 116 Å². The van der Waals surface area contributed by atoms with E-state index >= 15 is 0 Å². The van der Waals surface area contributed by atoms with Crippen molar-refractivity contribution in [3.8, 4) is 84.4 Å². The van der Waals surface area contributed by atoms with Crippen LogP contribution in [0.4, 0.5) is 17.1 Å². The molecular formula is C117H95N5O3. The number of hydrogen-bond donors (Lipinski definition) is 0. The lowest BCUT2D eigenvalue weighted by molar-refractivity contribution is 0.299. The van der Waals surface area contributed by atoms with Crippen molar-refractivity contribution < 1.29 is 13.3 Å². The van der Waals surface area contributed by atoms with Crippen molar-refractivity contribution in [3.63, 3.8) is 0 Å². The maximum atomic E-state index is 6.97. The van der Waals surface area contributed by atoms with Crippen molar-refractivity contribution in [1.82, 2.24) is 19.5 Å². The van der Waals surface area contributed by atoms with Gasteiger partial charge in [-0.3, -0.25) is 0 Å². The van der Waals surface area contributed by atoms with Crippen molar-refractivity contribution >= 4 is 105 Å². The molecule has 0 aliphatic heterocycles. The number of hydrogen-bond acceptors (Lipinski definition) is 7. The lowest BCUT2D eigenvalue weighted by atomic mass is 9.55. The Hall–Kier alpha value is -14.5. The smallest absolute Gasteiger partial charge is 0.167 e. The minimum Gasteiger partial charge on any atom is -0.456 e. The van der Waals surface area contributed by atoms with Crippen LogP contribution in [0.15, 0.2) is 371 Å². The van der Waals surface area contributed by atoms with Crippen molar-refractivity contribution in [2.45, 2.75) is 116 Å². The summed E-state index contributed by atoms with van der Waals surface area (Å²) in [5, 5.41) is 9.33. The first-order chi connectivity index (χ1) is 60.6. The lowest BCUT2D eigenvalue weighted by Crippen LogP contribution is -2.43. The normalized spacial score (nSPS) is 15.1. The molecule has 606 valence electrons. The van der Waals surface area contributed by atoms with Crippen LogP contribution in [0.2, 0.25) is 0 Å². The molecule has 24 rings (SSSR count). The fourth-order valence-electron chi connectivity index (χ4n) is 20.7. The van der Waals surface area contributed by atoms with Gasteiger partial charge in [-0.05, 0) is 179 Å². The Bertz CT molecular complexity index is 7740. The second-order valence-corrected chi connectivity index (χ2v) is 37.3. The molecule has 0 amide bonds. The van der Waals surface area contributed by atoms with E-state index in [1.807, 2.05) is 60.7 Å². The fourth-order valence-corrected chi connectivity index (χ4v) is 20.7. The molecule has 5 aromatic heterocycles. The Balaban J connectivity index is 0.000000112. The SMILES string of the molecule is CC1(C)c2ccccc2-c2c(ccc3c2oc2c(-c4ccc(-n5c6ccccc6c6ccccc65)cc4)cccc23)C1(C)C.CC1(C)c2ccccc2-c2c(ccc3c2oc2c(-c4nc(-c5ccccc5)nc(-c5ccccc5)n4)cccc23)C1(C)C.CC1(C)c2ccccc2-c2cc3c(cc2C1(C)C)oc1ccc(N(c2ccccc2)c2ccccc2)cc13. The number of anilines is 3. The van der Waals surface area contributed by atoms with E-state index in [2.05, 4.69) is 390 Å². The zero-order valence-electron chi connectivity index (χ0n) is 72.5. The van der Waals surface area contributed by atoms with E-state index in [9.17, 15) is 0 Å². The molecule has 0 unspecified atom stereocenters. The highest BCUT2D eigenvalue weighted by atomic mass is 16.3. The predicted molar refractivity (Wildman–Crippen MR) is 520 cm³/mol. The summed E-state index contributed by atoms with van der Waals surface area (Å²) >= 11 is 0. The quantitative estimate of drug-likeness (QED) is 0.150. The molecule has 0 saturated carbocycles. The lowest BCUT2D eigenvalue weighted by Gasteiger charge is -2.48. The van der Waals surface area contributed by atoms with Crippen LogP contribution in [0.25, 0.3) is 172 Å². The van der Waals surface area contributed by atoms with Gasteiger partial charge in [0.05, 0.1) is 16.6 Å². The van der Waals surface area contributed by atoms with Crippen LogP contribution < -0.4 is 4.90 Å². The van der Waals surface area contributed by atoms with E-state index < -0.39 is 0 Å². The highest BCUT2D eigenvalue weighted by Gasteiger charge is 2.50. The van der Waals surface area contributed by atoms with E-state index in [-0.39, 0.29) is 32.5 Å². The average Bonchev–Trinajstić information content (AvgIpc) is 1.69. The Morgan fingerprint density at radius 1 is 0.224 bits per heavy atom. The first kappa shape index (κ1) is 76.6. The standard InChI is InChI=1S/C42H33NO.C39H31N3O.C36H31NO/c1-41(2)34-17-8-5-14-33(34)38-35(42(41,3)4)25-24-32-31-16-11-15-28(39(31)44-40(32)38)26-20-22-27(23-21-26)43-36-18-9-6-12-29(36)30-13-7-10-19-37(30)43;1-38(2)30-21-12-11-18-28(30)32-31(39(38,3)4)23-22-27-26-19-13-20-29(33(26)43-34(27)32)37-41-35(24-14-7-5-8-15-24)40-36(42-37)25-16-9-6-10-17-25;1-35(2)31-18-12-11-17-27(31)28-22-30-29-21-26(19-20-33(29)38-34(30)23-32(28)36(35,3)4)37(24-13-7-5-8-14-24)25-15-9-6-10-16-25/h5-25H,1-4H3;5-23H,1-4H3;5-23H,1-4H3. The summed E-state index contributed by atoms with van der Waals surface area (Å²) < 4.78 is 22.8. The molecule has 125 heavy (non-hydrogen) atoms. The highest BCUT2D eigenvalue weighted by Crippen LogP contribution is 2.60. The van der Waals surface area contributed by atoms with Gasteiger partial charge in [0.15, 0.2) is 17.5 Å². The molecule has 21 aromatic rings. The molecule has 0 spiro atoms. The minimum absolute atomic E-state index is 0.00464. The van der Waals surface area contributed by atoms with Gasteiger partial charge in [0.25, 0.3) is 0 Å². The third-order valence-electron chi connectivity index (χ3n) is 29.5. The summed E-state index contributed by atoms with van der Waals surface area (Å²) in [6, 6.07) is 127. The van der Waals surface area contributed by atoms with Gasteiger partial charge in [0.2, 0.25) is 0 Å². The average molecular weight is 1620 g/mol. The molecule has 0 saturated heterocycles. The second-order valence-electron chi connectivity index (χ2n) is 37.3. The summed E-state index contributed by atoms with van der Waals surface area (Å²) in [5.41, 5.74) is 32.9. The first-order valence-electron chi connectivity index (χ1n) is 43.7. The number of benzene rings is 16. The molecule has 3 aliphatic carbocycles. The van der Waals surface area contributed by atoms with Gasteiger partial charge in [-0.2, -0.15) is 0 Å². The predicted octanol–water partition coefficient (Wildman–Crippen LogP) is 31.9. The third kappa shape index (κ3) is 11.7. The van der Waals surface area contributed by atoms with Gasteiger partial charge in [-0.25, -0.2) is 15.0 Å². The summed E-state index contributed by atoms with van der Waals surface area (Å²) in [6.45, 7) is 28.4. The van der Waals surface area contributed by atoms with Gasteiger partial charge in [-0.15, -0.1) is 0 Å². The van der Waals surface area contributed by atoms with E-state index in [4.69, 9.17) is 28.2 Å². The van der Waals surface area contributed by atoms with Crippen LogP contribution in [0.5, 0.6) is 0 Å². The summed E-state index contributed by atoms with van der Waals surface area (Å²) in [6.07, 6.45) is 0. The highest BCUT2D eigenvalue weighted by molar-refractivity contribution is 6.17. The van der Waals surface area contributed by atoms with Crippen molar-refractivity contribution in [3.05, 3.63) is 391 Å². The van der Waals surface area contributed by atoms with Crippen molar-refractivity contribution in [2.24, 2.45) is 0 Å². The first-order valence-corrected chi connectivity index (χ1v) is 43.7. The van der Waals surface area contributed by atoms with E-state index in [1.54, 1.807) is 0 Å². The second kappa shape index (κ2) is 28.6. The number of furan rings is 3. The number of fused-ring (bicyclic) bond motifs is 23. The number of nitrogens with zero attached hydrogens (tertiary/aromatic N) is 5. The molecule has 0 radical (unpaired) electrons. The molecule has 0 bridgehead atoms. The van der Waals surface area contributed by atoms with E-state index in [0.717, 1.165) is 111 Å². The third-order valence-corrected chi connectivity index (χ3v) is 29.5. The Kier molecular flexibility index (Phi) is 17.5. The topological polar surface area (TPSA) is 86.3 Å². The van der Waals surface area contributed by atoms with E-state index in [1.165, 1.54) is 94.0 Å². The van der Waals surface area contributed by atoms with Crippen LogP contribution in [-0.2, 0) is 32.5 Å². The number of para-hydroxylation sites is 6. The molecule has 0 atom stereocenters. The zero-order valence-corrected chi connectivity index (χ0v) is 72.5. The fraction of sp³-hybridized carbons (Fsp3) is 0.154. The Morgan fingerprint density at radius 3 is 1.12 bits per heavy atom.